The van der Waals surface area contributed by atoms with Crippen LogP contribution < -0.4 is 4.72 Å². The van der Waals surface area contributed by atoms with Crippen LogP contribution in [0.25, 0.3) is 0 Å². The Morgan fingerprint density at radius 1 is 1.40 bits per heavy atom. The number of hydrogen-bond acceptors (Lipinski definition) is 3. The fraction of sp³-hybridized carbons (Fsp3) is 0.300. The summed E-state index contributed by atoms with van der Waals surface area (Å²) >= 11 is 13.1. The lowest BCUT2D eigenvalue weighted by molar-refractivity contribution is -0.111. The van der Waals surface area contributed by atoms with E-state index in [0.717, 1.165) is 11.2 Å². The normalized spacial score (nSPS) is 11.5. The van der Waals surface area contributed by atoms with Crippen LogP contribution in [-0.4, -0.2) is 11.8 Å². The molecule has 0 saturated carbocycles. The lowest BCUT2D eigenvalue weighted by Crippen LogP contribution is -2.35. The van der Waals surface area contributed by atoms with E-state index in [1.54, 1.807) is 32.0 Å². The van der Waals surface area contributed by atoms with E-state index in [-0.39, 0.29) is 0 Å². The summed E-state index contributed by atoms with van der Waals surface area (Å²) < 4.78 is 3.00. The molecule has 0 fully saturated rings. The molecule has 0 aliphatic rings. The van der Waals surface area contributed by atoms with E-state index in [1.807, 2.05) is 0 Å². The van der Waals surface area contributed by atoms with E-state index in [2.05, 4.69) is 4.72 Å². The first-order chi connectivity index (χ1) is 6.94. The summed E-state index contributed by atoms with van der Waals surface area (Å²) in [6.45, 7) is 3.57. The van der Waals surface area contributed by atoms with Crippen LogP contribution in [0.1, 0.15) is 13.8 Å². The Hall–Kier alpha value is -0.220. The van der Waals surface area contributed by atoms with Crippen molar-refractivity contribution >= 4 is 41.4 Å². The molecule has 0 aliphatic carbocycles. The summed E-state index contributed by atoms with van der Waals surface area (Å²) in [6.07, 6.45) is 0.846. The van der Waals surface area contributed by atoms with Crippen LogP contribution in [0.15, 0.2) is 23.1 Å². The first-order valence-electron chi connectivity index (χ1n) is 4.30. The van der Waals surface area contributed by atoms with Crippen molar-refractivity contribution in [3.05, 3.63) is 28.2 Å². The van der Waals surface area contributed by atoms with Gasteiger partial charge in [-0.1, -0.05) is 23.2 Å². The van der Waals surface area contributed by atoms with Crippen molar-refractivity contribution in [3.8, 4) is 0 Å². The second kappa shape index (κ2) is 5.21. The number of carbonyl (C=O) groups is 1. The van der Waals surface area contributed by atoms with Crippen molar-refractivity contribution in [3.63, 3.8) is 0 Å². The largest absolute Gasteiger partial charge is 0.301 e. The molecule has 1 N–H and O–H groups in total. The lowest BCUT2D eigenvalue weighted by atomic mass is 10.1. The van der Waals surface area contributed by atoms with E-state index in [1.165, 1.54) is 11.9 Å². The second-order valence-electron chi connectivity index (χ2n) is 3.62. The maximum atomic E-state index is 10.7. The highest BCUT2D eigenvalue weighted by Crippen LogP contribution is 2.29. The zero-order chi connectivity index (χ0) is 11.5. The van der Waals surface area contributed by atoms with Gasteiger partial charge in [-0.25, -0.2) is 4.72 Å². The van der Waals surface area contributed by atoms with Crippen molar-refractivity contribution in [2.45, 2.75) is 24.3 Å². The molecule has 0 aliphatic heterocycles. The van der Waals surface area contributed by atoms with Crippen LogP contribution in [0.2, 0.25) is 10.0 Å². The summed E-state index contributed by atoms with van der Waals surface area (Å²) in [5.74, 6) is 0. The first-order valence-corrected chi connectivity index (χ1v) is 5.87. The average molecular weight is 264 g/mol. The topological polar surface area (TPSA) is 29.1 Å². The predicted molar refractivity (Wildman–Crippen MR) is 65.6 cm³/mol. The minimum Gasteiger partial charge on any atom is -0.301 e. The summed E-state index contributed by atoms with van der Waals surface area (Å²) in [5, 5.41) is 1.23. The van der Waals surface area contributed by atoms with Crippen molar-refractivity contribution < 1.29 is 4.79 Å². The highest BCUT2D eigenvalue weighted by molar-refractivity contribution is 7.97. The van der Waals surface area contributed by atoms with Crippen LogP contribution in [0, 0.1) is 0 Å². The smallest absolute Gasteiger partial charge is 0.140 e. The SMILES string of the molecule is CC(C)(C=O)NSc1cc(Cl)ccc1Cl. The van der Waals surface area contributed by atoms with Crippen LogP contribution in [0.4, 0.5) is 0 Å². The Bertz CT molecular complexity index is 368. The fourth-order valence-electron chi connectivity index (χ4n) is 0.766. The zero-order valence-electron chi connectivity index (χ0n) is 8.38. The van der Waals surface area contributed by atoms with Gasteiger partial charge in [0.25, 0.3) is 0 Å². The molecule has 82 valence electrons. The molecular weight excluding hydrogens is 253 g/mol. The van der Waals surface area contributed by atoms with E-state index in [4.69, 9.17) is 23.2 Å². The van der Waals surface area contributed by atoms with Crippen molar-refractivity contribution in [1.29, 1.82) is 0 Å². The standard InChI is InChI=1S/C10H11Cl2NOS/c1-10(2,6-14)13-15-9-5-7(11)3-4-8(9)12/h3-6,13H,1-2H3. The molecule has 15 heavy (non-hydrogen) atoms. The fourth-order valence-corrected chi connectivity index (χ4v) is 2.01. The minimum atomic E-state index is -0.587. The monoisotopic (exact) mass is 263 g/mol. The molecule has 1 aromatic rings. The third-order valence-corrected chi connectivity index (χ3v) is 3.47. The second-order valence-corrected chi connectivity index (χ2v) is 5.31. The number of benzene rings is 1. The number of hydrogen-bond donors (Lipinski definition) is 1. The number of rotatable bonds is 4. The average Bonchev–Trinajstić information content (AvgIpc) is 2.20. The highest BCUT2D eigenvalue weighted by Gasteiger charge is 2.16. The van der Waals surface area contributed by atoms with Gasteiger partial charge >= 0.3 is 0 Å². The quantitative estimate of drug-likeness (QED) is 0.665. The van der Waals surface area contributed by atoms with Gasteiger partial charge in [-0.05, 0) is 44.0 Å². The number of halogens is 2. The molecule has 0 amide bonds. The van der Waals surface area contributed by atoms with Crippen LogP contribution in [0.5, 0.6) is 0 Å². The predicted octanol–water partition coefficient (Wildman–Crippen LogP) is 3.57. The van der Waals surface area contributed by atoms with Gasteiger partial charge in [0.05, 0.1) is 10.6 Å². The molecule has 0 heterocycles. The maximum Gasteiger partial charge on any atom is 0.140 e. The number of aldehydes is 1. The molecule has 1 aromatic carbocycles. The van der Waals surface area contributed by atoms with Gasteiger partial charge in [-0.3, -0.25) is 0 Å². The Balaban J connectivity index is 2.73. The third-order valence-electron chi connectivity index (χ3n) is 1.61. The Morgan fingerprint density at radius 2 is 2.07 bits per heavy atom. The molecule has 5 heteroatoms. The molecule has 0 aromatic heterocycles. The van der Waals surface area contributed by atoms with Gasteiger partial charge in [-0.2, -0.15) is 0 Å². The van der Waals surface area contributed by atoms with E-state index < -0.39 is 5.54 Å². The summed E-state index contributed by atoms with van der Waals surface area (Å²) in [4.78, 5) is 11.5. The van der Waals surface area contributed by atoms with Gasteiger partial charge in [0.2, 0.25) is 0 Å². The summed E-state index contributed by atoms with van der Waals surface area (Å²) in [5.41, 5.74) is -0.587. The summed E-state index contributed by atoms with van der Waals surface area (Å²) in [7, 11) is 0. The number of nitrogens with one attached hydrogen (secondary N) is 1. The van der Waals surface area contributed by atoms with E-state index in [0.29, 0.717) is 10.0 Å². The molecule has 0 saturated heterocycles. The van der Waals surface area contributed by atoms with Gasteiger partial charge in [-0.15, -0.1) is 0 Å². The van der Waals surface area contributed by atoms with Crippen LogP contribution >= 0.6 is 35.1 Å². The highest BCUT2D eigenvalue weighted by atomic mass is 35.5. The maximum absolute atomic E-state index is 10.7. The third kappa shape index (κ3) is 4.03. The molecule has 0 unspecified atom stereocenters. The van der Waals surface area contributed by atoms with Crippen molar-refractivity contribution in [2.24, 2.45) is 0 Å². The Labute approximate surface area is 103 Å². The Morgan fingerprint density at radius 3 is 2.67 bits per heavy atom. The molecule has 0 bridgehead atoms. The van der Waals surface area contributed by atoms with Gasteiger partial charge in [0.1, 0.15) is 6.29 Å². The van der Waals surface area contributed by atoms with Crippen molar-refractivity contribution in [1.82, 2.24) is 4.72 Å². The molecule has 0 radical (unpaired) electrons. The summed E-state index contributed by atoms with van der Waals surface area (Å²) in [6, 6.07) is 5.20. The van der Waals surface area contributed by atoms with Gasteiger partial charge in [0, 0.05) is 9.92 Å². The van der Waals surface area contributed by atoms with Crippen LogP contribution in [-0.2, 0) is 4.79 Å². The van der Waals surface area contributed by atoms with Gasteiger partial charge in [0.15, 0.2) is 0 Å². The van der Waals surface area contributed by atoms with E-state index in [9.17, 15) is 4.79 Å². The van der Waals surface area contributed by atoms with Crippen molar-refractivity contribution in [2.75, 3.05) is 0 Å². The Kier molecular flexibility index (Phi) is 4.46. The lowest BCUT2D eigenvalue weighted by Gasteiger charge is -2.18. The van der Waals surface area contributed by atoms with Gasteiger partial charge < -0.3 is 4.79 Å². The molecule has 0 atom stereocenters. The molecule has 1 rings (SSSR count). The minimum absolute atomic E-state index is 0.587. The van der Waals surface area contributed by atoms with E-state index >= 15 is 0 Å². The van der Waals surface area contributed by atoms with Crippen LogP contribution in [0.3, 0.4) is 0 Å². The first kappa shape index (κ1) is 12.8. The molecule has 0 spiro atoms. The zero-order valence-corrected chi connectivity index (χ0v) is 10.7. The number of carbonyl (C=O) groups excluding carboxylic acids is 1. The molecule has 2 nitrogen and oxygen atoms in total. The molecular formula is C10H11Cl2NOS.